The molecule has 2 aliphatic heterocycles. The fourth-order valence-corrected chi connectivity index (χ4v) is 12.2. The Labute approximate surface area is 403 Å². The van der Waals surface area contributed by atoms with E-state index in [1.54, 1.807) is 12.1 Å². The number of hydrogen-bond donors (Lipinski definition) is 2. The second-order valence-corrected chi connectivity index (χ2v) is 23.1. The Morgan fingerprint density at radius 3 is 2.19 bits per heavy atom. The van der Waals surface area contributed by atoms with Gasteiger partial charge < -0.3 is 15.1 Å². The molecule has 0 spiro atoms. The second-order valence-electron chi connectivity index (χ2n) is 18.0. The first-order valence-electron chi connectivity index (χ1n) is 22.8. The zero-order chi connectivity index (χ0) is 47.8. The largest absolute Gasteiger partial charge is 0.501 e. The molecule has 1 amide bonds. The number of thioether (sulfide) groups is 1. The fraction of sp³-hybridized carbons (Fsp3) is 0.449. The smallest absolute Gasteiger partial charge is 0.380 e. The van der Waals surface area contributed by atoms with E-state index in [9.17, 15) is 34.8 Å². The summed E-state index contributed by atoms with van der Waals surface area (Å²) in [7, 11) is -7.19. The van der Waals surface area contributed by atoms with Crippen LogP contribution in [0.4, 0.5) is 24.5 Å². The summed E-state index contributed by atoms with van der Waals surface area (Å²) in [6, 6.07) is 25.9. The predicted octanol–water partition coefficient (Wildman–Crippen LogP) is 9.14. The average Bonchev–Trinajstić information content (AvgIpc) is 3.31. The van der Waals surface area contributed by atoms with Crippen LogP contribution in [-0.2, 0) is 19.9 Å². The summed E-state index contributed by atoms with van der Waals surface area (Å²) in [5.41, 5.74) is -1.19. The van der Waals surface area contributed by atoms with Crippen LogP contribution in [0.3, 0.4) is 0 Å². The second kappa shape index (κ2) is 22.5. The Morgan fingerprint density at radius 1 is 0.851 bits per heavy atom. The van der Waals surface area contributed by atoms with Gasteiger partial charge in [-0.05, 0) is 136 Å². The van der Waals surface area contributed by atoms with Gasteiger partial charge in [0.1, 0.15) is 4.90 Å². The summed E-state index contributed by atoms with van der Waals surface area (Å²) in [6.45, 7) is 7.70. The molecule has 3 aliphatic rings. The van der Waals surface area contributed by atoms with E-state index < -0.39 is 52.8 Å². The lowest BCUT2D eigenvalue weighted by Crippen LogP contribution is -2.48. The molecular formula is C49H60ClF3N6O5S3. The Morgan fingerprint density at radius 2 is 1.54 bits per heavy atom. The normalized spacial score (nSPS) is 17.7. The molecule has 0 aromatic heterocycles. The van der Waals surface area contributed by atoms with E-state index in [1.807, 2.05) is 66.2 Å². The SMILES string of the molecule is CN(C)CC[C@H](CSc1ccccc1)Nc1ccc(S(=O)(=O)NC(=O)c2ccc(N3CCN(CC4=C(c5ccc(Cl)cc5)CCN(CC5CCCCC5)C4)CC3)cc2)cc1S(=O)(=O)C(F)(F)F. The van der Waals surface area contributed by atoms with E-state index in [0.29, 0.717) is 24.8 Å². The van der Waals surface area contributed by atoms with E-state index in [-0.39, 0.29) is 5.56 Å². The first-order chi connectivity index (χ1) is 31.9. The molecular weight excluding hydrogens is 941 g/mol. The lowest BCUT2D eigenvalue weighted by molar-refractivity contribution is -0.0435. The van der Waals surface area contributed by atoms with Crippen molar-refractivity contribution in [1.82, 2.24) is 19.4 Å². The predicted molar refractivity (Wildman–Crippen MR) is 263 cm³/mol. The van der Waals surface area contributed by atoms with Crippen LogP contribution in [0.1, 0.15) is 60.9 Å². The van der Waals surface area contributed by atoms with Crippen molar-refractivity contribution in [3.8, 4) is 0 Å². The Balaban J connectivity index is 0.998. The Hall–Kier alpha value is -4.10. The number of amides is 1. The summed E-state index contributed by atoms with van der Waals surface area (Å²) >= 11 is 7.70. The molecule has 4 aromatic carbocycles. The third kappa shape index (κ3) is 13.6. The number of carbonyl (C=O) groups excluding carboxylic acids is 1. The molecule has 11 nitrogen and oxygen atoms in total. The van der Waals surface area contributed by atoms with Crippen LogP contribution in [0.2, 0.25) is 5.02 Å². The highest BCUT2D eigenvalue weighted by atomic mass is 35.5. The van der Waals surface area contributed by atoms with Gasteiger partial charge in [0, 0.05) is 85.3 Å². The molecule has 362 valence electrons. The first kappa shape index (κ1) is 50.8. The topological polar surface area (TPSA) is 122 Å². The van der Waals surface area contributed by atoms with Gasteiger partial charge in [0.25, 0.3) is 25.8 Å². The maximum absolute atomic E-state index is 14.1. The standard InChI is InChI=1S/C49H60ClF3N6O5S3/c1-56(2)25-23-41(35-65-43-11-7-4-8-12-43)54-46-22-21-44(31-47(46)66(61,62)49(51,52)53)67(63,64)55-48(60)38-15-19-42(20-16-38)59-29-27-57(28-30-59)33-39-34-58(32-36-9-5-3-6-10-36)26-24-45(39)37-13-17-40(50)18-14-37/h4,7-8,11-22,31,36,41,54H,3,5-6,9-10,23-30,32-35H2,1-2H3,(H,55,60)/t41-/m1/s1. The molecule has 4 aromatic rings. The highest BCUT2D eigenvalue weighted by Gasteiger charge is 2.48. The Kier molecular flexibility index (Phi) is 17.1. The highest BCUT2D eigenvalue weighted by Crippen LogP contribution is 2.37. The third-order valence-corrected chi connectivity index (χ3v) is 17.1. The van der Waals surface area contributed by atoms with Crippen LogP contribution < -0.4 is 14.9 Å². The number of carbonyl (C=O) groups is 1. The lowest BCUT2D eigenvalue weighted by Gasteiger charge is -2.39. The number of rotatable bonds is 18. The fourth-order valence-electron chi connectivity index (χ4n) is 9.11. The van der Waals surface area contributed by atoms with E-state index in [1.165, 1.54) is 72.7 Å². The average molecular weight is 1000 g/mol. The molecule has 1 atom stereocenters. The number of benzene rings is 4. The van der Waals surface area contributed by atoms with E-state index >= 15 is 0 Å². The van der Waals surface area contributed by atoms with Crippen LogP contribution in [0, 0.1) is 5.92 Å². The molecule has 0 unspecified atom stereocenters. The number of nitrogens with one attached hydrogen (secondary N) is 2. The van der Waals surface area contributed by atoms with Crippen molar-refractivity contribution in [2.75, 3.05) is 89.0 Å². The van der Waals surface area contributed by atoms with Gasteiger partial charge in [0.2, 0.25) is 0 Å². The van der Waals surface area contributed by atoms with E-state index in [2.05, 4.69) is 32.1 Å². The molecule has 67 heavy (non-hydrogen) atoms. The van der Waals surface area contributed by atoms with Crippen LogP contribution >= 0.6 is 23.4 Å². The minimum Gasteiger partial charge on any atom is -0.380 e. The number of anilines is 2. The van der Waals surface area contributed by atoms with Gasteiger partial charge in [-0.3, -0.25) is 14.6 Å². The highest BCUT2D eigenvalue weighted by molar-refractivity contribution is 7.99. The third-order valence-electron chi connectivity index (χ3n) is 12.8. The first-order valence-corrected chi connectivity index (χ1v) is 27.2. The molecule has 0 radical (unpaired) electrons. The minimum absolute atomic E-state index is 0.00350. The van der Waals surface area contributed by atoms with Gasteiger partial charge in [-0.2, -0.15) is 13.2 Å². The summed E-state index contributed by atoms with van der Waals surface area (Å²) in [4.78, 5) is 21.4. The summed E-state index contributed by atoms with van der Waals surface area (Å²) in [6.07, 6.45) is 8.08. The van der Waals surface area contributed by atoms with Crippen molar-refractivity contribution < 1.29 is 34.8 Å². The van der Waals surface area contributed by atoms with Gasteiger partial charge in [-0.15, -0.1) is 11.8 Å². The van der Waals surface area contributed by atoms with Crippen molar-refractivity contribution in [3.05, 3.63) is 119 Å². The van der Waals surface area contributed by atoms with Crippen LogP contribution in [0.15, 0.2) is 117 Å². The molecule has 1 saturated carbocycles. The number of alkyl halides is 3. The van der Waals surface area contributed by atoms with E-state index in [0.717, 1.165) is 92.4 Å². The number of piperazine rings is 1. The monoisotopic (exact) mass is 1000 g/mol. The van der Waals surface area contributed by atoms with Gasteiger partial charge >= 0.3 is 5.51 Å². The summed E-state index contributed by atoms with van der Waals surface area (Å²) < 4.78 is 97.3. The zero-order valence-corrected chi connectivity index (χ0v) is 41.2. The molecule has 2 fully saturated rings. The van der Waals surface area contributed by atoms with Crippen LogP contribution in [0.5, 0.6) is 0 Å². The van der Waals surface area contributed by atoms with Crippen molar-refractivity contribution in [3.63, 3.8) is 0 Å². The maximum Gasteiger partial charge on any atom is 0.501 e. The van der Waals surface area contributed by atoms with Crippen molar-refractivity contribution in [2.24, 2.45) is 5.92 Å². The van der Waals surface area contributed by atoms with Crippen molar-refractivity contribution in [1.29, 1.82) is 0 Å². The molecule has 1 aliphatic carbocycles. The molecule has 7 rings (SSSR count). The van der Waals surface area contributed by atoms with Crippen molar-refractivity contribution in [2.45, 2.75) is 71.2 Å². The molecule has 18 heteroatoms. The number of sulfonamides is 1. The van der Waals surface area contributed by atoms with Gasteiger partial charge in [0.15, 0.2) is 0 Å². The minimum atomic E-state index is -6.04. The maximum atomic E-state index is 14.1. The Bertz CT molecular complexity index is 2550. The van der Waals surface area contributed by atoms with E-state index in [4.69, 9.17) is 11.6 Å². The quantitative estimate of drug-likeness (QED) is 0.0929. The summed E-state index contributed by atoms with van der Waals surface area (Å²) in [5.74, 6) is 0.124. The van der Waals surface area contributed by atoms with Gasteiger partial charge in [-0.1, -0.05) is 61.2 Å². The number of halogens is 4. The summed E-state index contributed by atoms with van der Waals surface area (Å²) in [5, 5.41) is 3.67. The van der Waals surface area contributed by atoms with Crippen LogP contribution in [0.25, 0.3) is 5.57 Å². The number of sulfone groups is 1. The number of hydrogen-bond acceptors (Lipinski definition) is 11. The van der Waals surface area contributed by atoms with Crippen molar-refractivity contribution >= 4 is 66.1 Å². The van der Waals surface area contributed by atoms with Crippen LogP contribution in [-0.4, -0.2) is 128 Å². The lowest BCUT2D eigenvalue weighted by atomic mass is 9.87. The molecule has 1 saturated heterocycles. The van der Waals surface area contributed by atoms with Gasteiger partial charge in [0.05, 0.1) is 10.6 Å². The zero-order valence-electron chi connectivity index (χ0n) is 38.0. The number of nitrogens with zero attached hydrogens (tertiary/aromatic N) is 4. The molecule has 0 bridgehead atoms. The van der Waals surface area contributed by atoms with Gasteiger partial charge in [-0.25, -0.2) is 21.6 Å². The molecule has 2 N–H and O–H groups in total. The molecule has 2 heterocycles.